The van der Waals surface area contributed by atoms with Gasteiger partial charge >= 0.3 is 0 Å². The van der Waals surface area contributed by atoms with Crippen LogP contribution < -0.4 is 0 Å². The van der Waals surface area contributed by atoms with Crippen molar-refractivity contribution in [1.29, 1.82) is 0 Å². The first-order chi connectivity index (χ1) is 6.78. The second-order valence-corrected chi connectivity index (χ2v) is 9.44. The van der Waals surface area contributed by atoms with E-state index in [-0.39, 0.29) is 0 Å². The Morgan fingerprint density at radius 1 is 0.857 bits per heavy atom. The van der Waals surface area contributed by atoms with Crippen LogP contribution in [0.2, 0.25) is 0 Å². The zero-order valence-electron chi connectivity index (χ0n) is 6.17. The van der Waals surface area contributed by atoms with Gasteiger partial charge in [0.2, 0.25) is 0 Å². The molecule has 0 fully saturated rings. The molecular formula is C5HI4NS4. The van der Waals surface area contributed by atoms with Crippen LogP contribution in [-0.4, -0.2) is 4.98 Å². The van der Waals surface area contributed by atoms with Gasteiger partial charge in [0.15, 0.2) is 0 Å². The van der Waals surface area contributed by atoms with E-state index in [4.69, 9.17) is 0 Å². The van der Waals surface area contributed by atoms with Crippen LogP contribution in [0.25, 0.3) is 0 Å². The summed E-state index contributed by atoms with van der Waals surface area (Å²) in [6.45, 7) is 0. The van der Waals surface area contributed by atoms with Crippen LogP contribution in [0.15, 0.2) is 25.9 Å². The predicted molar refractivity (Wildman–Crippen MR) is 104 cm³/mol. The van der Waals surface area contributed by atoms with Crippen LogP contribution >= 0.6 is 121 Å². The molecule has 0 unspecified atom stereocenters. The van der Waals surface area contributed by atoms with Gasteiger partial charge in [-0.05, 0) is 17.9 Å². The molecule has 1 heterocycles. The third-order valence-corrected chi connectivity index (χ3v) is 9.00. The zero-order valence-corrected chi connectivity index (χ0v) is 18.1. The van der Waals surface area contributed by atoms with E-state index in [1.54, 1.807) is 35.7 Å². The van der Waals surface area contributed by atoms with Gasteiger partial charge in [0.05, 0.1) is 14.7 Å². The molecule has 1 nitrogen and oxygen atoms in total. The molecule has 0 aromatic carbocycles. The number of hydrogen-bond donors (Lipinski definition) is 0. The molecule has 0 spiro atoms. The van der Waals surface area contributed by atoms with Crippen molar-refractivity contribution in [3.8, 4) is 0 Å². The van der Waals surface area contributed by atoms with Crippen LogP contribution in [0.3, 0.4) is 0 Å². The molecular weight excluding hydrogens is 710 g/mol. The average molecular weight is 711 g/mol. The molecule has 0 bridgehead atoms. The van der Waals surface area contributed by atoms with Crippen molar-refractivity contribution in [3.05, 3.63) is 6.20 Å². The van der Waals surface area contributed by atoms with Crippen molar-refractivity contribution in [2.45, 2.75) is 19.7 Å². The highest BCUT2D eigenvalue weighted by Gasteiger charge is 2.14. The molecule has 0 atom stereocenters. The quantitative estimate of drug-likeness (QED) is 0.317. The Labute approximate surface area is 148 Å². The molecule has 9 heteroatoms. The lowest BCUT2D eigenvalue weighted by atomic mass is 10.5. The maximum Gasteiger partial charge on any atom is 0.122 e. The van der Waals surface area contributed by atoms with Crippen LogP contribution in [0.4, 0.5) is 0 Å². The highest BCUT2D eigenvalue weighted by atomic mass is 127. The van der Waals surface area contributed by atoms with Gasteiger partial charge in [-0.25, -0.2) is 4.98 Å². The summed E-state index contributed by atoms with van der Waals surface area (Å²) in [5.74, 6) is 0. The first kappa shape index (κ1) is 15.5. The zero-order chi connectivity index (χ0) is 10.6. The average Bonchev–Trinajstić information content (AvgIpc) is 2.26. The number of pyridine rings is 1. The molecule has 14 heavy (non-hydrogen) atoms. The van der Waals surface area contributed by atoms with Crippen LogP contribution in [0.1, 0.15) is 0 Å². The Morgan fingerprint density at radius 3 is 1.93 bits per heavy atom. The van der Waals surface area contributed by atoms with E-state index in [1.807, 2.05) is 6.20 Å². The van der Waals surface area contributed by atoms with Crippen molar-refractivity contribution in [2.24, 2.45) is 0 Å². The molecule has 1 rings (SSSR count). The van der Waals surface area contributed by atoms with E-state index in [0.29, 0.717) is 0 Å². The first-order valence-electron chi connectivity index (χ1n) is 2.95. The van der Waals surface area contributed by atoms with Gasteiger partial charge in [0.1, 0.15) is 5.03 Å². The van der Waals surface area contributed by atoms with Crippen molar-refractivity contribution in [2.75, 3.05) is 0 Å². The Morgan fingerprint density at radius 2 is 1.50 bits per heavy atom. The number of nitrogens with zero attached hydrogens (tertiary/aromatic N) is 1. The number of aromatic nitrogens is 1. The number of halogens is 4. The standard InChI is InChI=1S/C5HI4NS4/c6-11-2-1-10-5(14-9)4(13-8)3(2)12-7/h1H. The number of rotatable bonds is 4. The Balaban J connectivity index is 3.28. The van der Waals surface area contributed by atoms with Gasteiger partial charge in [-0.15, -0.1) is 0 Å². The van der Waals surface area contributed by atoms with E-state index in [2.05, 4.69) is 89.8 Å². The van der Waals surface area contributed by atoms with E-state index in [1.165, 1.54) is 14.7 Å². The van der Waals surface area contributed by atoms with Gasteiger partial charge in [-0.3, -0.25) is 0 Å². The van der Waals surface area contributed by atoms with E-state index in [0.717, 1.165) is 5.03 Å². The number of hydrogen-bond acceptors (Lipinski definition) is 5. The van der Waals surface area contributed by atoms with Crippen molar-refractivity contribution in [3.63, 3.8) is 0 Å². The third-order valence-electron chi connectivity index (χ3n) is 1.23. The molecule has 78 valence electrons. The summed E-state index contributed by atoms with van der Waals surface area (Å²) in [5, 5.41) is 1.11. The van der Waals surface area contributed by atoms with Crippen LogP contribution in [0, 0.1) is 0 Å². The molecule has 0 saturated heterocycles. The predicted octanol–water partition coefficient (Wildman–Crippen LogP) is 6.85. The second-order valence-electron chi connectivity index (χ2n) is 1.89. The van der Waals surface area contributed by atoms with E-state index < -0.39 is 0 Å². The normalized spacial score (nSPS) is 10.6. The molecule has 0 aliphatic carbocycles. The third kappa shape index (κ3) is 4.00. The second kappa shape index (κ2) is 8.55. The molecule has 1 aromatic heterocycles. The van der Waals surface area contributed by atoms with Crippen molar-refractivity contribution in [1.82, 2.24) is 4.98 Å². The molecule has 0 aliphatic heterocycles. The highest BCUT2D eigenvalue weighted by Crippen LogP contribution is 2.48. The molecule has 0 radical (unpaired) electrons. The van der Waals surface area contributed by atoms with E-state index in [9.17, 15) is 0 Å². The smallest absolute Gasteiger partial charge is 0.122 e. The fourth-order valence-electron chi connectivity index (χ4n) is 0.695. The summed E-state index contributed by atoms with van der Waals surface area (Å²) in [5.41, 5.74) is 0. The highest BCUT2D eigenvalue weighted by molar-refractivity contribution is 14.2. The Kier molecular flexibility index (Phi) is 9.48. The van der Waals surface area contributed by atoms with Crippen molar-refractivity contribution < 1.29 is 0 Å². The minimum absolute atomic E-state index is 1.11. The Hall–Kier alpha value is 3.47. The topological polar surface area (TPSA) is 12.9 Å². The molecule has 0 amide bonds. The monoisotopic (exact) mass is 711 g/mol. The van der Waals surface area contributed by atoms with Gasteiger partial charge in [-0.1, -0.05) is 17.9 Å². The van der Waals surface area contributed by atoms with E-state index >= 15 is 0 Å². The van der Waals surface area contributed by atoms with Gasteiger partial charge in [-0.2, -0.15) is 0 Å². The molecule has 1 aromatic rings. The Bertz CT molecular complexity index is 292. The fraction of sp³-hybridized carbons (Fsp3) is 0. The lowest BCUT2D eigenvalue weighted by molar-refractivity contribution is 0.921. The summed E-state index contributed by atoms with van der Waals surface area (Å²) in [6.07, 6.45) is 1.95. The van der Waals surface area contributed by atoms with Crippen LogP contribution in [-0.2, 0) is 0 Å². The fourth-order valence-corrected chi connectivity index (χ4v) is 10.0. The summed E-state index contributed by atoms with van der Waals surface area (Å²) in [6, 6.07) is 0. The molecule has 0 aliphatic rings. The maximum atomic E-state index is 4.43. The first-order valence-corrected chi connectivity index (χ1v) is 16.4. The minimum Gasteiger partial charge on any atom is -0.247 e. The van der Waals surface area contributed by atoms with Gasteiger partial charge in [0, 0.05) is 91.0 Å². The van der Waals surface area contributed by atoms with Gasteiger partial charge < -0.3 is 0 Å². The molecule has 0 saturated carbocycles. The summed E-state index contributed by atoms with van der Waals surface area (Å²) in [7, 11) is 6.90. The van der Waals surface area contributed by atoms with Gasteiger partial charge in [0.25, 0.3) is 0 Å². The largest absolute Gasteiger partial charge is 0.247 e. The molecule has 0 N–H and O–H groups in total. The van der Waals surface area contributed by atoms with Crippen molar-refractivity contribution >= 4 is 121 Å². The lowest BCUT2D eigenvalue weighted by Gasteiger charge is -2.09. The maximum absolute atomic E-state index is 4.43. The summed E-state index contributed by atoms with van der Waals surface area (Å²) < 4.78 is 0. The van der Waals surface area contributed by atoms with Crippen LogP contribution in [0.5, 0.6) is 0 Å². The SMILES string of the molecule is ISc1cnc(SI)c(SI)c1SI. The lowest BCUT2D eigenvalue weighted by Crippen LogP contribution is -1.86. The summed E-state index contributed by atoms with van der Waals surface area (Å²) in [4.78, 5) is 8.30. The minimum atomic E-state index is 1.11. The summed E-state index contributed by atoms with van der Waals surface area (Å²) >= 11 is 9.22.